The zero-order valence-corrected chi connectivity index (χ0v) is 28.4. The van der Waals surface area contributed by atoms with Crippen molar-refractivity contribution in [3.63, 3.8) is 0 Å². The van der Waals surface area contributed by atoms with Crippen LogP contribution in [0, 0.1) is 0 Å². The summed E-state index contributed by atoms with van der Waals surface area (Å²) in [5.41, 5.74) is 3.13. The van der Waals surface area contributed by atoms with Gasteiger partial charge >= 0.3 is 0 Å². The van der Waals surface area contributed by atoms with Crippen LogP contribution in [0.5, 0.6) is 11.5 Å². The van der Waals surface area contributed by atoms with Gasteiger partial charge < -0.3 is 20.1 Å². The number of hydrogen-bond acceptors (Lipinski definition) is 6. The lowest BCUT2D eigenvalue weighted by molar-refractivity contribution is 0.0940. The maximum atomic E-state index is 13.2. The van der Waals surface area contributed by atoms with Crippen LogP contribution in [0.15, 0.2) is 107 Å². The second kappa shape index (κ2) is 19.6. The van der Waals surface area contributed by atoms with Crippen molar-refractivity contribution < 1.29 is 19.1 Å². The molecule has 0 radical (unpaired) electrons. The molecule has 0 aliphatic carbocycles. The molecule has 6 nitrogen and oxygen atoms in total. The fourth-order valence-corrected chi connectivity index (χ4v) is 7.03. The summed E-state index contributed by atoms with van der Waals surface area (Å²) < 4.78 is 11.7. The van der Waals surface area contributed by atoms with Crippen LogP contribution in [0.3, 0.4) is 0 Å². The topological polar surface area (TPSA) is 76.7 Å². The molecule has 0 aliphatic heterocycles. The minimum Gasteiger partial charge on any atom is -0.494 e. The van der Waals surface area contributed by atoms with Crippen molar-refractivity contribution in [3.05, 3.63) is 119 Å². The van der Waals surface area contributed by atoms with Gasteiger partial charge in [0.15, 0.2) is 0 Å². The second-order valence-electron chi connectivity index (χ2n) is 10.9. The van der Waals surface area contributed by atoms with Crippen LogP contribution < -0.4 is 20.1 Å². The molecule has 4 aromatic carbocycles. The molecule has 0 fully saturated rings. The molecule has 0 spiro atoms. The Morgan fingerprint density at radius 3 is 1.43 bits per heavy atom. The first-order valence-electron chi connectivity index (χ1n) is 16.1. The zero-order valence-electron chi connectivity index (χ0n) is 26.8. The van der Waals surface area contributed by atoms with E-state index >= 15 is 0 Å². The standard InChI is InChI=1S/C38H44N2O4S2/c1-3-5-11-23-43-31-17-13-15-29(25-31)27-39-37(41)33-19-7-9-21-35(33)45-46-36-22-10-8-20-34(36)38(42)40-28-30-16-14-18-32(26-30)44-24-12-6-4-2/h7-10,13-22,25-26H,3-6,11-12,23-24,27-28H2,1-2H3,(H,39,41)(H,40,42). The number of unbranched alkanes of at least 4 members (excludes halogenated alkanes) is 4. The molecule has 2 N–H and O–H groups in total. The van der Waals surface area contributed by atoms with Crippen molar-refractivity contribution in [2.45, 2.75) is 75.3 Å². The predicted molar refractivity (Wildman–Crippen MR) is 190 cm³/mol. The first-order chi connectivity index (χ1) is 22.6. The minimum absolute atomic E-state index is 0.152. The van der Waals surface area contributed by atoms with Gasteiger partial charge in [-0.15, -0.1) is 0 Å². The smallest absolute Gasteiger partial charge is 0.252 e. The quantitative estimate of drug-likeness (QED) is 0.0774. The largest absolute Gasteiger partial charge is 0.494 e. The van der Waals surface area contributed by atoms with Gasteiger partial charge in [-0.25, -0.2) is 0 Å². The number of rotatable bonds is 19. The summed E-state index contributed by atoms with van der Waals surface area (Å²) >= 11 is 0. The van der Waals surface area contributed by atoms with Crippen LogP contribution in [0.25, 0.3) is 0 Å². The Kier molecular flexibility index (Phi) is 14.9. The first-order valence-corrected chi connectivity index (χ1v) is 18.2. The van der Waals surface area contributed by atoms with Crippen molar-refractivity contribution in [2.75, 3.05) is 13.2 Å². The Morgan fingerprint density at radius 1 is 0.565 bits per heavy atom. The highest BCUT2D eigenvalue weighted by molar-refractivity contribution is 8.76. The predicted octanol–water partition coefficient (Wildman–Crippen LogP) is 9.48. The van der Waals surface area contributed by atoms with Crippen LogP contribution in [-0.2, 0) is 13.1 Å². The number of ether oxygens (including phenoxy) is 2. The van der Waals surface area contributed by atoms with E-state index in [0.717, 1.165) is 70.9 Å². The lowest BCUT2D eigenvalue weighted by Gasteiger charge is -2.13. The van der Waals surface area contributed by atoms with Gasteiger partial charge in [0, 0.05) is 22.9 Å². The van der Waals surface area contributed by atoms with Gasteiger partial charge in [-0.1, -0.05) is 110 Å². The van der Waals surface area contributed by atoms with E-state index in [1.165, 1.54) is 21.6 Å². The van der Waals surface area contributed by atoms with Crippen LogP contribution >= 0.6 is 21.6 Å². The van der Waals surface area contributed by atoms with E-state index in [4.69, 9.17) is 9.47 Å². The van der Waals surface area contributed by atoms with E-state index in [9.17, 15) is 9.59 Å². The number of hydrogen-bond donors (Lipinski definition) is 2. The third-order valence-corrected chi connectivity index (χ3v) is 9.70. The molecule has 0 unspecified atom stereocenters. The maximum Gasteiger partial charge on any atom is 0.252 e. The Bertz CT molecular complexity index is 1430. The number of benzene rings is 4. The Hall–Kier alpha value is -3.88. The van der Waals surface area contributed by atoms with Crippen LogP contribution in [0.4, 0.5) is 0 Å². The Morgan fingerprint density at radius 2 is 1.00 bits per heavy atom. The highest BCUT2D eigenvalue weighted by atomic mass is 33.1. The van der Waals surface area contributed by atoms with Crippen LogP contribution in [-0.4, -0.2) is 25.0 Å². The van der Waals surface area contributed by atoms with E-state index in [2.05, 4.69) is 24.5 Å². The molecule has 4 rings (SSSR count). The molecule has 4 aromatic rings. The van der Waals surface area contributed by atoms with Crippen molar-refractivity contribution in [3.8, 4) is 11.5 Å². The molecular weight excluding hydrogens is 613 g/mol. The van der Waals surface area contributed by atoms with E-state index < -0.39 is 0 Å². The summed E-state index contributed by atoms with van der Waals surface area (Å²) in [6.45, 7) is 6.52. The zero-order chi connectivity index (χ0) is 32.4. The number of carbonyl (C=O) groups is 2. The molecule has 2 amide bonds. The van der Waals surface area contributed by atoms with E-state index in [-0.39, 0.29) is 11.8 Å². The summed E-state index contributed by atoms with van der Waals surface area (Å²) in [5.74, 6) is 1.33. The molecule has 8 heteroatoms. The first kappa shape index (κ1) is 35.0. The molecule has 0 aliphatic rings. The second-order valence-corrected chi connectivity index (χ2v) is 13.1. The number of carbonyl (C=O) groups excluding carboxylic acids is 2. The average Bonchev–Trinajstić information content (AvgIpc) is 3.09. The van der Waals surface area contributed by atoms with Crippen LogP contribution in [0.1, 0.15) is 84.2 Å². The fourth-order valence-electron chi connectivity index (χ4n) is 4.67. The van der Waals surface area contributed by atoms with Gasteiger partial charge in [0.2, 0.25) is 0 Å². The molecule has 0 bridgehead atoms. The van der Waals surface area contributed by atoms with Gasteiger partial charge in [-0.3, -0.25) is 9.59 Å². The van der Waals surface area contributed by atoms with Crippen molar-refractivity contribution in [2.24, 2.45) is 0 Å². The summed E-state index contributed by atoms with van der Waals surface area (Å²) in [4.78, 5) is 28.1. The SMILES string of the molecule is CCCCCOc1cccc(CNC(=O)c2ccccc2SSc2ccccc2C(=O)NCc2cccc(OCCCCC)c2)c1. The monoisotopic (exact) mass is 656 g/mol. The lowest BCUT2D eigenvalue weighted by Crippen LogP contribution is -2.23. The van der Waals surface area contributed by atoms with Crippen molar-refractivity contribution in [1.29, 1.82) is 0 Å². The van der Waals surface area contributed by atoms with Crippen molar-refractivity contribution >= 4 is 33.4 Å². The maximum absolute atomic E-state index is 13.2. The van der Waals surface area contributed by atoms with E-state index in [1.54, 1.807) is 0 Å². The molecular formula is C38H44N2O4S2. The molecule has 0 saturated heterocycles. The van der Waals surface area contributed by atoms with Gasteiger partial charge in [0.1, 0.15) is 11.5 Å². The lowest BCUT2D eigenvalue weighted by atomic mass is 10.2. The van der Waals surface area contributed by atoms with Gasteiger partial charge in [0.05, 0.1) is 24.3 Å². The van der Waals surface area contributed by atoms with Gasteiger partial charge in [0.25, 0.3) is 11.8 Å². The number of amides is 2. The molecule has 242 valence electrons. The minimum atomic E-state index is -0.152. The van der Waals surface area contributed by atoms with Gasteiger partial charge in [-0.05, 0) is 72.5 Å². The van der Waals surface area contributed by atoms with Gasteiger partial charge in [-0.2, -0.15) is 0 Å². The molecule has 0 heterocycles. The summed E-state index contributed by atoms with van der Waals surface area (Å²) in [5, 5.41) is 6.10. The molecule has 0 aromatic heterocycles. The molecule has 46 heavy (non-hydrogen) atoms. The normalized spacial score (nSPS) is 10.7. The van der Waals surface area contributed by atoms with Crippen LogP contribution in [0.2, 0.25) is 0 Å². The summed E-state index contributed by atoms with van der Waals surface area (Å²) in [6.07, 6.45) is 6.66. The Balaban J connectivity index is 1.32. The summed E-state index contributed by atoms with van der Waals surface area (Å²) in [7, 11) is 2.93. The Labute approximate surface area is 281 Å². The highest BCUT2D eigenvalue weighted by Gasteiger charge is 2.16. The molecule has 0 saturated carbocycles. The molecule has 0 atom stereocenters. The van der Waals surface area contributed by atoms with E-state index in [0.29, 0.717) is 37.4 Å². The fraction of sp³-hybridized carbons (Fsp3) is 0.316. The third-order valence-electron chi connectivity index (χ3n) is 7.22. The third kappa shape index (κ3) is 11.5. The van der Waals surface area contributed by atoms with Crippen molar-refractivity contribution in [1.82, 2.24) is 10.6 Å². The summed E-state index contributed by atoms with van der Waals surface area (Å²) in [6, 6.07) is 30.8. The highest BCUT2D eigenvalue weighted by Crippen LogP contribution is 2.40. The average molecular weight is 657 g/mol. The van der Waals surface area contributed by atoms with E-state index in [1.807, 2.05) is 97.1 Å². The number of nitrogens with one attached hydrogen (secondary N) is 2.